The van der Waals surface area contributed by atoms with Crippen molar-refractivity contribution in [2.45, 2.75) is 37.7 Å². The van der Waals surface area contributed by atoms with Crippen LogP contribution in [0.4, 0.5) is 0 Å². The normalized spacial score (nSPS) is 16.0. The molecule has 1 N–H and O–H groups in total. The van der Waals surface area contributed by atoms with Gasteiger partial charge in [0.05, 0.1) is 17.4 Å². The van der Waals surface area contributed by atoms with Crippen LogP contribution in [0.25, 0.3) is 0 Å². The molecule has 5 nitrogen and oxygen atoms in total. The zero-order valence-corrected chi connectivity index (χ0v) is 11.3. The molecule has 0 spiro atoms. The predicted octanol–water partition coefficient (Wildman–Crippen LogP) is 0.422. The molecule has 16 heavy (non-hydrogen) atoms. The van der Waals surface area contributed by atoms with Crippen molar-refractivity contribution >= 4 is 26.6 Å². The maximum Gasteiger partial charge on any atom is 0.304 e. The number of rotatable bonds is 7. The first-order chi connectivity index (χ1) is 7.16. The van der Waals surface area contributed by atoms with Gasteiger partial charge in [-0.2, -0.15) is 0 Å². The van der Waals surface area contributed by atoms with Crippen molar-refractivity contribution in [2.24, 2.45) is 0 Å². The zero-order chi connectivity index (χ0) is 12.9. The quantitative estimate of drug-likeness (QED) is 0.724. The number of hydrogen-bond donors (Lipinski definition) is 1. The van der Waals surface area contributed by atoms with Gasteiger partial charge in [-0.15, -0.1) is 0 Å². The van der Waals surface area contributed by atoms with Crippen LogP contribution in [0.1, 0.15) is 27.2 Å². The standard InChI is InChI=1S/C9H18O5S2/c1-7(2)16(13,14)5-4-15(12)8(3)6-9(10)11/h7-8H,4-6H2,1-3H3,(H,10,11). The summed E-state index contributed by atoms with van der Waals surface area (Å²) in [6, 6.07) is 0. The lowest BCUT2D eigenvalue weighted by Crippen LogP contribution is -2.25. The Balaban J connectivity index is 4.23. The first-order valence-electron chi connectivity index (χ1n) is 4.97. The highest BCUT2D eigenvalue weighted by Crippen LogP contribution is 2.06. The van der Waals surface area contributed by atoms with Crippen molar-refractivity contribution in [3.8, 4) is 0 Å². The molecular weight excluding hydrogens is 252 g/mol. The highest BCUT2D eigenvalue weighted by atomic mass is 32.2. The molecule has 2 unspecified atom stereocenters. The SMILES string of the molecule is CC(CC(=O)O)S(=O)CCS(=O)(=O)C(C)C. The number of carboxylic acid groups (broad SMARTS) is 1. The van der Waals surface area contributed by atoms with E-state index in [-0.39, 0.29) is 17.9 Å². The smallest absolute Gasteiger partial charge is 0.304 e. The van der Waals surface area contributed by atoms with E-state index in [2.05, 4.69) is 0 Å². The van der Waals surface area contributed by atoms with E-state index in [0.717, 1.165) is 0 Å². The van der Waals surface area contributed by atoms with Crippen LogP contribution in [0.3, 0.4) is 0 Å². The van der Waals surface area contributed by atoms with Gasteiger partial charge in [-0.1, -0.05) is 6.92 Å². The third-order valence-electron chi connectivity index (χ3n) is 2.20. The minimum Gasteiger partial charge on any atom is -0.481 e. The van der Waals surface area contributed by atoms with Crippen LogP contribution in [0.2, 0.25) is 0 Å². The Kier molecular flexibility index (Phi) is 6.17. The molecule has 0 bridgehead atoms. The lowest BCUT2D eigenvalue weighted by atomic mass is 10.3. The average molecular weight is 270 g/mol. The highest BCUT2D eigenvalue weighted by Gasteiger charge is 2.20. The molecule has 0 saturated heterocycles. The van der Waals surface area contributed by atoms with Crippen LogP contribution < -0.4 is 0 Å². The summed E-state index contributed by atoms with van der Waals surface area (Å²) in [7, 11) is -4.60. The summed E-state index contributed by atoms with van der Waals surface area (Å²) in [4.78, 5) is 10.4. The van der Waals surface area contributed by atoms with Crippen LogP contribution >= 0.6 is 0 Å². The molecule has 0 aromatic heterocycles. The molecule has 0 aliphatic rings. The van der Waals surface area contributed by atoms with Gasteiger partial charge >= 0.3 is 5.97 Å². The summed E-state index contributed by atoms with van der Waals surface area (Å²) >= 11 is 0. The molecule has 0 amide bonds. The summed E-state index contributed by atoms with van der Waals surface area (Å²) < 4.78 is 34.4. The number of sulfone groups is 1. The molecular formula is C9H18O5S2. The lowest BCUT2D eigenvalue weighted by molar-refractivity contribution is -0.136. The molecule has 0 aliphatic carbocycles. The molecule has 0 aliphatic heterocycles. The third kappa shape index (κ3) is 5.60. The highest BCUT2D eigenvalue weighted by molar-refractivity contribution is 7.93. The second kappa shape index (κ2) is 6.34. The molecule has 0 fully saturated rings. The van der Waals surface area contributed by atoms with E-state index in [0.29, 0.717) is 0 Å². The molecule has 0 radical (unpaired) electrons. The third-order valence-corrected chi connectivity index (χ3v) is 6.34. The van der Waals surface area contributed by atoms with Crippen molar-refractivity contribution in [1.82, 2.24) is 0 Å². The van der Waals surface area contributed by atoms with Gasteiger partial charge in [0.25, 0.3) is 0 Å². The lowest BCUT2D eigenvalue weighted by Gasteiger charge is -2.10. The van der Waals surface area contributed by atoms with Crippen LogP contribution in [0.15, 0.2) is 0 Å². The first-order valence-corrected chi connectivity index (χ1v) is 8.07. The fourth-order valence-electron chi connectivity index (χ4n) is 0.974. The Morgan fingerprint density at radius 3 is 2.19 bits per heavy atom. The van der Waals surface area contributed by atoms with Crippen molar-refractivity contribution in [3.63, 3.8) is 0 Å². The van der Waals surface area contributed by atoms with Gasteiger partial charge in [0.15, 0.2) is 9.84 Å². The van der Waals surface area contributed by atoms with Gasteiger partial charge in [-0.3, -0.25) is 9.00 Å². The van der Waals surface area contributed by atoms with E-state index in [9.17, 15) is 17.4 Å². The Morgan fingerprint density at radius 1 is 1.31 bits per heavy atom. The van der Waals surface area contributed by atoms with Crippen molar-refractivity contribution in [2.75, 3.05) is 11.5 Å². The maximum absolute atomic E-state index is 11.5. The summed E-state index contributed by atoms with van der Waals surface area (Å²) in [6.45, 7) is 4.68. The summed E-state index contributed by atoms with van der Waals surface area (Å²) in [5.41, 5.74) is 0. The monoisotopic (exact) mass is 270 g/mol. The second-order valence-corrected chi connectivity index (χ2v) is 8.56. The van der Waals surface area contributed by atoms with Crippen LogP contribution in [0, 0.1) is 0 Å². The van der Waals surface area contributed by atoms with Crippen LogP contribution in [-0.2, 0) is 25.4 Å². The van der Waals surface area contributed by atoms with E-state index in [4.69, 9.17) is 5.11 Å². The maximum atomic E-state index is 11.5. The van der Waals surface area contributed by atoms with E-state index < -0.39 is 37.1 Å². The average Bonchev–Trinajstić information content (AvgIpc) is 2.12. The molecule has 0 aromatic carbocycles. The van der Waals surface area contributed by atoms with Gasteiger partial charge in [-0.05, 0) is 13.8 Å². The largest absolute Gasteiger partial charge is 0.481 e. The van der Waals surface area contributed by atoms with E-state index in [1.807, 2.05) is 0 Å². The van der Waals surface area contributed by atoms with Gasteiger partial charge in [0.2, 0.25) is 0 Å². The molecule has 0 aromatic rings. The van der Waals surface area contributed by atoms with Crippen LogP contribution in [0.5, 0.6) is 0 Å². The Morgan fingerprint density at radius 2 is 1.81 bits per heavy atom. The van der Waals surface area contributed by atoms with E-state index in [1.54, 1.807) is 20.8 Å². The van der Waals surface area contributed by atoms with Gasteiger partial charge in [0.1, 0.15) is 0 Å². The van der Waals surface area contributed by atoms with Crippen molar-refractivity contribution in [3.05, 3.63) is 0 Å². The minimum atomic E-state index is -3.20. The molecule has 7 heteroatoms. The van der Waals surface area contributed by atoms with Crippen molar-refractivity contribution < 1.29 is 22.5 Å². The second-order valence-electron chi connectivity index (χ2n) is 3.91. The predicted molar refractivity (Wildman–Crippen MR) is 63.6 cm³/mol. The summed E-state index contributed by atoms with van der Waals surface area (Å²) in [5, 5.41) is 7.50. The number of aliphatic carboxylic acids is 1. The fourth-order valence-corrected chi connectivity index (χ4v) is 3.76. The molecule has 2 atom stereocenters. The Bertz CT molecular complexity index is 358. The fraction of sp³-hybridized carbons (Fsp3) is 0.889. The summed E-state index contributed by atoms with van der Waals surface area (Å²) in [6.07, 6.45) is -0.200. The number of carboxylic acids is 1. The molecule has 0 saturated carbocycles. The molecule has 96 valence electrons. The molecule has 0 rings (SSSR count). The first kappa shape index (κ1) is 15.6. The van der Waals surface area contributed by atoms with Crippen LogP contribution in [-0.4, -0.2) is 45.7 Å². The summed E-state index contributed by atoms with van der Waals surface area (Å²) in [5.74, 6) is -1.16. The van der Waals surface area contributed by atoms with Gasteiger partial charge in [-0.25, -0.2) is 8.42 Å². The van der Waals surface area contributed by atoms with Gasteiger partial charge < -0.3 is 5.11 Å². The topological polar surface area (TPSA) is 88.5 Å². The Labute approximate surface area is 98.6 Å². The molecule has 0 heterocycles. The minimum absolute atomic E-state index is 0.00889. The van der Waals surface area contributed by atoms with Gasteiger partial charge in [0, 0.05) is 21.8 Å². The van der Waals surface area contributed by atoms with E-state index in [1.165, 1.54) is 0 Å². The number of hydrogen-bond acceptors (Lipinski definition) is 4. The van der Waals surface area contributed by atoms with E-state index >= 15 is 0 Å². The zero-order valence-electron chi connectivity index (χ0n) is 9.67. The Hall–Kier alpha value is -0.430. The van der Waals surface area contributed by atoms with Crippen molar-refractivity contribution in [1.29, 1.82) is 0 Å². The number of carbonyl (C=O) groups is 1.